The maximum absolute atomic E-state index is 5.98. The highest BCUT2D eigenvalue weighted by Crippen LogP contribution is 2.39. The predicted octanol–water partition coefficient (Wildman–Crippen LogP) is 3.30. The van der Waals surface area contributed by atoms with Gasteiger partial charge in [0.1, 0.15) is 17.6 Å². The van der Waals surface area contributed by atoms with Crippen LogP contribution in [-0.2, 0) is 0 Å². The van der Waals surface area contributed by atoms with Gasteiger partial charge < -0.3 is 14.8 Å². The number of hydrogen-bond acceptors (Lipinski definition) is 3. The van der Waals surface area contributed by atoms with Gasteiger partial charge in [-0.3, -0.25) is 0 Å². The van der Waals surface area contributed by atoms with Crippen molar-refractivity contribution < 1.29 is 9.47 Å². The lowest BCUT2D eigenvalue weighted by Crippen LogP contribution is -2.31. The molecule has 2 atom stereocenters. The van der Waals surface area contributed by atoms with Gasteiger partial charge in [0.15, 0.2) is 0 Å². The molecule has 0 radical (unpaired) electrons. The smallest absolute Gasteiger partial charge is 0.125 e. The van der Waals surface area contributed by atoms with E-state index in [9.17, 15) is 0 Å². The second-order valence-electron chi connectivity index (χ2n) is 4.63. The Morgan fingerprint density at radius 3 is 2.78 bits per heavy atom. The van der Waals surface area contributed by atoms with E-state index in [0.29, 0.717) is 12.6 Å². The van der Waals surface area contributed by atoms with Crippen LogP contribution in [0, 0.1) is 0 Å². The van der Waals surface area contributed by atoms with E-state index in [2.05, 4.69) is 25.2 Å². The zero-order valence-corrected chi connectivity index (χ0v) is 11.5. The minimum absolute atomic E-state index is 0.239. The normalized spacial score (nSPS) is 21.5. The second-order valence-corrected chi connectivity index (χ2v) is 4.63. The molecule has 100 valence electrons. The van der Waals surface area contributed by atoms with Crippen LogP contribution in [0.5, 0.6) is 11.5 Å². The third-order valence-corrected chi connectivity index (χ3v) is 3.29. The molecule has 1 aromatic carbocycles. The minimum atomic E-state index is 0.239. The van der Waals surface area contributed by atoms with E-state index in [4.69, 9.17) is 9.47 Å². The van der Waals surface area contributed by atoms with E-state index >= 15 is 0 Å². The molecule has 3 heteroatoms. The van der Waals surface area contributed by atoms with Crippen LogP contribution in [0.4, 0.5) is 0 Å². The Kier molecular flexibility index (Phi) is 4.48. The van der Waals surface area contributed by atoms with Crippen molar-refractivity contribution in [3.8, 4) is 11.5 Å². The highest BCUT2D eigenvalue weighted by Gasteiger charge is 2.32. The molecule has 18 heavy (non-hydrogen) atoms. The van der Waals surface area contributed by atoms with Crippen LogP contribution in [0.2, 0.25) is 0 Å². The van der Waals surface area contributed by atoms with Crippen molar-refractivity contribution in [2.45, 2.75) is 45.8 Å². The number of rotatable bonds is 6. The highest BCUT2D eigenvalue weighted by molar-refractivity contribution is 5.45. The van der Waals surface area contributed by atoms with Gasteiger partial charge in [0.25, 0.3) is 0 Å². The Balaban J connectivity index is 2.21. The molecule has 0 aliphatic carbocycles. The van der Waals surface area contributed by atoms with Crippen molar-refractivity contribution in [2.75, 3.05) is 13.2 Å². The van der Waals surface area contributed by atoms with Crippen molar-refractivity contribution in [3.63, 3.8) is 0 Å². The van der Waals surface area contributed by atoms with Gasteiger partial charge in [0.2, 0.25) is 0 Å². The molecule has 0 aromatic heterocycles. The zero-order valence-electron chi connectivity index (χ0n) is 11.5. The van der Waals surface area contributed by atoms with Gasteiger partial charge in [-0.05, 0) is 44.5 Å². The van der Waals surface area contributed by atoms with Crippen LogP contribution in [0.3, 0.4) is 0 Å². The van der Waals surface area contributed by atoms with E-state index < -0.39 is 0 Å². The summed E-state index contributed by atoms with van der Waals surface area (Å²) >= 11 is 0. The number of benzene rings is 1. The fourth-order valence-corrected chi connectivity index (χ4v) is 2.43. The molecule has 1 aromatic rings. The standard InChI is InChI=1S/C15H23NO2/c1-4-9-16-15-12-10-11(17-6-3)7-8-14(12)18-13(15)5-2/h7-8,10,13,15-16H,4-6,9H2,1-3H3. The first-order chi connectivity index (χ1) is 8.80. The molecule has 0 fully saturated rings. The molecular weight excluding hydrogens is 226 g/mol. The maximum Gasteiger partial charge on any atom is 0.125 e. The molecule has 1 heterocycles. The number of fused-ring (bicyclic) bond motifs is 1. The van der Waals surface area contributed by atoms with Gasteiger partial charge in [-0.15, -0.1) is 0 Å². The largest absolute Gasteiger partial charge is 0.494 e. The Labute approximate surface area is 109 Å². The predicted molar refractivity (Wildman–Crippen MR) is 73.4 cm³/mol. The molecule has 1 aliphatic rings. The highest BCUT2D eigenvalue weighted by atomic mass is 16.5. The first-order valence-corrected chi connectivity index (χ1v) is 6.96. The molecule has 2 unspecified atom stereocenters. The lowest BCUT2D eigenvalue weighted by atomic mass is 10.0. The molecule has 0 saturated carbocycles. The first kappa shape index (κ1) is 13.2. The van der Waals surface area contributed by atoms with Crippen LogP contribution in [0.15, 0.2) is 18.2 Å². The summed E-state index contributed by atoms with van der Waals surface area (Å²) in [6.07, 6.45) is 2.39. The Morgan fingerprint density at radius 1 is 1.28 bits per heavy atom. The number of hydrogen-bond donors (Lipinski definition) is 1. The van der Waals surface area contributed by atoms with Crippen LogP contribution in [-0.4, -0.2) is 19.3 Å². The zero-order chi connectivity index (χ0) is 13.0. The fraction of sp³-hybridized carbons (Fsp3) is 0.600. The van der Waals surface area contributed by atoms with Gasteiger partial charge in [0.05, 0.1) is 12.6 Å². The van der Waals surface area contributed by atoms with E-state index in [1.807, 2.05) is 19.1 Å². The topological polar surface area (TPSA) is 30.5 Å². The van der Waals surface area contributed by atoms with Crippen molar-refractivity contribution in [1.82, 2.24) is 5.32 Å². The van der Waals surface area contributed by atoms with Crippen LogP contribution >= 0.6 is 0 Å². The van der Waals surface area contributed by atoms with Crippen LogP contribution < -0.4 is 14.8 Å². The summed E-state index contributed by atoms with van der Waals surface area (Å²) < 4.78 is 11.6. The third kappa shape index (κ3) is 2.61. The minimum Gasteiger partial charge on any atom is -0.494 e. The lowest BCUT2D eigenvalue weighted by molar-refractivity contribution is 0.185. The molecule has 1 N–H and O–H groups in total. The summed E-state index contributed by atoms with van der Waals surface area (Å²) in [5, 5.41) is 3.58. The Morgan fingerprint density at radius 2 is 2.11 bits per heavy atom. The summed E-state index contributed by atoms with van der Waals surface area (Å²) in [5.74, 6) is 1.93. The van der Waals surface area contributed by atoms with Gasteiger partial charge in [-0.2, -0.15) is 0 Å². The monoisotopic (exact) mass is 249 g/mol. The summed E-state index contributed by atoms with van der Waals surface area (Å²) in [6.45, 7) is 8.07. The second kappa shape index (κ2) is 6.10. The SMILES string of the molecule is CCCNC1c2cc(OCC)ccc2OC1CC. The Bertz CT molecular complexity index is 392. The Hall–Kier alpha value is -1.22. The van der Waals surface area contributed by atoms with E-state index in [1.165, 1.54) is 5.56 Å². The van der Waals surface area contributed by atoms with Crippen LogP contribution in [0.25, 0.3) is 0 Å². The third-order valence-electron chi connectivity index (χ3n) is 3.29. The van der Waals surface area contributed by atoms with Gasteiger partial charge in [-0.1, -0.05) is 13.8 Å². The summed E-state index contributed by atoms with van der Waals surface area (Å²) in [7, 11) is 0. The van der Waals surface area contributed by atoms with Crippen LogP contribution in [0.1, 0.15) is 45.2 Å². The molecule has 0 spiro atoms. The van der Waals surface area contributed by atoms with Crippen molar-refractivity contribution in [1.29, 1.82) is 0 Å². The van der Waals surface area contributed by atoms with E-state index in [0.717, 1.165) is 30.9 Å². The van der Waals surface area contributed by atoms with Crippen molar-refractivity contribution in [3.05, 3.63) is 23.8 Å². The van der Waals surface area contributed by atoms with E-state index in [-0.39, 0.29) is 6.10 Å². The van der Waals surface area contributed by atoms with Gasteiger partial charge in [0, 0.05) is 5.56 Å². The average molecular weight is 249 g/mol. The fourth-order valence-electron chi connectivity index (χ4n) is 2.43. The molecule has 3 nitrogen and oxygen atoms in total. The molecule has 0 saturated heterocycles. The summed E-state index contributed by atoms with van der Waals surface area (Å²) in [6, 6.07) is 6.42. The summed E-state index contributed by atoms with van der Waals surface area (Å²) in [5.41, 5.74) is 1.24. The molecule has 2 rings (SSSR count). The molecule has 0 amide bonds. The van der Waals surface area contributed by atoms with Crippen molar-refractivity contribution in [2.24, 2.45) is 0 Å². The molecule has 0 bridgehead atoms. The van der Waals surface area contributed by atoms with Crippen molar-refractivity contribution >= 4 is 0 Å². The van der Waals surface area contributed by atoms with Gasteiger partial charge in [-0.25, -0.2) is 0 Å². The summed E-state index contributed by atoms with van der Waals surface area (Å²) in [4.78, 5) is 0. The first-order valence-electron chi connectivity index (χ1n) is 6.96. The lowest BCUT2D eigenvalue weighted by Gasteiger charge is -2.18. The molecular formula is C15H23NO2. The number of ether oxygens (including phenoxy) is 2. The average Bonchev–Trinajstić information content (AvgIpc) is 2.74. The van der Waals surface area contributed by atoms with Gasteiger partial charge >= 0.3 is 0 Å². The quantitative estimate of drug-likeness (QED) is 0.839. The molecule has 1 aliphatic heterocycles. The maximum atomic E-state index is 5.98. The van der Waals surface area contributed by atoms with E-state index in [1.54, 1.807) is 0 Å². The number of nitrogens with one attached hydrogen (secondary N) is 1.